The summed E-state index contributed by atoms with van der Waals surface area (Å²) in [7, 11) is 3.83. The number of fused-ring (bicyclic) bond motifs is 1. The molecule has 4 aromatic rings. The molecule has 204 valence electrons. The van der Waals surface area contributed by atoms with Crippen molar-refractivity contribution in [2.75, 3.05) is 36.9 Å². The lowest BCUT2D eigenvalue weighted by atomic mass is 10.1. The van der Waals surface area contributed by atoms with E-state index in [1.165, 1.54) is 12.3 Å². The lowest BCUT2D eigenvalue weighted by Gasteiger charge is -2.22. The average Bonchev–Trinajstić information content (AvgIpc) is 2.92. The maximum absolute atomic E-state index is 12.7. The first kappa shape index (κ1) is 28.8. The van der Waals surface area contributed by atoms with Crippen molar-refractivity contribution in [3.05, 3.63) is 77.2 Å². The minimum Gasteiger partial charge on any atom is -0.492 e. The molecule has 11 heteroatoms. The number of nitrogens with one attached hydrogen (secondary N) is 1. The third-order valence-corrected chi connectivity index (χ3v) is 6.55. The van der Waals surface area contributed by atoms with Gasteiger partial charge in [-0.2, -0.15) is 5.26 Å². The monoisotopic (exact) mass is 573 g/mol. The van der Waals surface area contributed by atoms with Crippen molar-refractivity contribution in [1.29, 1.82) is 5.26 Å². The first-order chi connectivity index (χ1) is 19.2. The Balaban J connectivity index is 1.79. The number of aromatic nitrogens is 3. The van der Waals surface area contributed by atoms with Crippen LogP contribution in [0.15, 0.2) is 60.9 Å². The number of rotatable bonds is 9. The summed E-state index contributed by atoms with van der Waals surface area (Å²) in [6, 6.07) is 12.8. The predicted molar refractivity (Wildman–Crippen MR) is 162 cm³/mol. The topological polar surface area (TPSA) is 107 Å². The smallest absolute Gasteiger partial charge is 0.248 e. The molecule has 0 unspecified atom stereocenters. The lowest BCUT2D eigenvalue weighted by molar-refractivity contribution is -0.111. The molecule has 0 aliphatic carbocycles. The average molecular weight is 574 g/mol. The van der Waals surface area contributed by atoms with Crippen molar-refractivity contribution in [1.82, 2.24) is 19.9 Å². The number of benzene rings is 2. The molecule has 0 bridgehead atoms. The van der Waals surface area contributed by atoms with Gasteiger partial charge in [0.25, 0.3) is 0 Å². The van der Waals surface area contributed by atoms with Crippen LogP contribution < -0.4 is 14.4 Å². The molecule has 0 spiro atoms. The fraction of sp³-hybridized carbons (Fsp3) is 0.207. The van der Waals surface area contributed by atoms with Crippen molar-refractivity contribution in [2.45, 2.75) is 13.8 Å². The highest BCUT2D eigenvalue weighted by Gasteiger charge is 2.20. The zero-order valence-corrected chi connectivity index (χ0v) is 24.2. The minimum atomic E-state index is -0.309. The molecule has 0 fully saturated rings. The van der Waals surface area contributed by atoms with E-state index in [9.17, 15) is 10.1 Å². The Kier molecular flexibility index (Phi) is 9.22. The summed E-state index contributed by atoms with van der Waals surface area (Å²) in [4.78, 5) is 27.9. The number of pyridine rings is 1. The summed E-state index contributed by atoms with van der Waals surface area (Å²) in [5.74, 6) is 0.665. The summed E-state index contributed by atoms with van der Waals surface area (Å²) in [6.07, 6.45) is 6.40. The highest BCUT2D eigenvalue weighted by molar-refractivity contribution is 7.82. The zero-order valence-electron chi connectivity index (χ0n) is 22.5. The molecule has 40 heavy (non-hydrogen) atoms. The molecule has 0 radical (unpaired) electrons. The molecule has 2 aromatic carbocycles. The Morgan fingerprint density at radius 1 is 1.23 bits per heavy atom. The molecule has 4 rings (SSSR count). The van der Waals surface area contributed by atoms with E-state index in [1.54, 1.807) is 34.8 Å². The number of thiol groups is 1. The summed E-state index contributed by atoms with van der Waals surface area (Å²) in [6.45, 7) is 4.75. The van der Waals surface area contributed by atoms with Gasteiger partial charge in [-0.05, 0) is 58.3 Å². The van der Waals surface area contributed by atoms with Gasteiger partial charge in [0.15, 0.2) is 5.82 Å². The Morgan fingerprint density at radius 3 is 2.70 bits per heavy atom. The number of hydrogen-bond donors (Lipinski definition) is 2. The molecular weight excluding hydrogens is 546 g/mol. The SMILES string of the molecule is CCOc1cc2ncc(C#N)c(N(S)c3ccc(-c4nccc(C)n4)c(Cl)c3)c2cc1NC(=O)C=CCN(C)C. The van der Waals surface area contributed by atoms with Crippen LogP contribution in [0.2, 0.25) is 5.02 Å². The van der Waals surface area contributed by atoms with E-state index in [2.05, 4.69) is 26.3 Å². The van der Waals surface area contributed by atoms with E-state index in [0.29, 0.717) is 63.3 Å². The molecule has 0 saturated carbocycles. The van der Waals surface area contributed by atoms with Crippen LogP contribution in [0.5, 0.6) is 5.75 Å². The van der Waals surface area contributed by atoms with Gasteiger partial charge in [0.1, 0.15) is 11.8 Å². The third kappa shape index (κ3) is 6.51. The van der Waals surface area contributed by atoms with Crippen LogP contribution >= 0.6 is 24.4 Å². The summed E-state index contributed by atoms with van der Waals surface area (Å²) < 4.78 is 7.36. The van der Waals surface area contributed by atoms with E-state index >= 15 is 0 Å². The van der Waals surface area contributed by atoms with E-state index in [0.717, 1.165) is 5.69 Å². The molecule has 2 aromatic heterocycles. The molecule has 0 aliphatic rings. The van der Waals surface area contributed by atoms with Crippen molar-refractivity contribution >= 4 is 58.3 Å². The molecule has 1 amide bonds. The van der Waals surface area contributed by atoms with Gasteiger partial charge in [-0.1, -0.05) is 30.5 Å². The molecule has 0 aliphatic heterocycles. The number of anilines is 3. The molecule has 9 nitrogen and oxygen atoms in total. The summed E-state index contributed by atoms with van der Waals surface area (Å²) >= 11 is 11.4. The number of carbonyl (C=O) groups is 1. The summed E-state index contributed by atoms with van der Waals surface area (Å²) in [5.41, 5.74) is 3.88. The minimum absolute atomic E-state index is 0.289. The Bertz CT molecular complexity index is 1640. The fourth-order valence-electron chi connectivity index (χ4n) is 3.96. The van der Waals surface area contributed by atoms with Crippen molar-refractivity contribution in [3.63, 3.8) is 0 Å². The first-order valence-electron chi connectivity index (χ1n) is 12.4. The van der Waals surface area contributed by atoms with Crippen molar-refractivity contribution in [3.8, 4) is 23.2 Å². The van der Waals surface area contributed by atoms with E-state index in [4.69, 9.17) is 29.2 Å². The normalized spacial score (nSPS) is 11.2. The zero-order chi connectivity index (χ0) is 28.8. The quantitative estimate of drug-likeness (QED) is 0.186. The predicted octanol–water partition coefficient (Wildman–Crippen LogP) is 5.96. The summed E-state index contributed by atoms with van der Waals surface area (Å²) in [5, 5.41) is 13.8. The number of ether oxygens (including phenoxy) is 1. The van der Waals surface area contributed by atoms with Gasteiger partial charge in [-0.25, -0.2) is 9.97 Å². The second-order valence-corrected chi connectivity index (χ2v) is 9.89. The standard InChI is InChI=1S/C29H28ClN7O2S/c1-5-39-26-15-24-22(14-25(26)35-27(38)7-6-12-36(3)4)28(19(16-31)17-33-24)37(40)20-8-9-21(23(30)13-20)29-32-11-10-18(2)34-29/h6-11,13-15,17,40H,5,12H2,1-4H3,(H,35,38). The van der Waals surface area contributed by atoms with Gasteiger partial charge in [0.2, 0.25) is 5.91 Å². The highest BCUT2D eigenvalue weighted by Crippen LogP contribution is 2.41. The third-order valence-electron chi connectivity index (χ3n) is 5.80. The molecule has 0 saturated heterocycles. The van der Waals surface area contributed by atoms with Crippen LogP contribution in [0.3, 0.4) is 0 Å². The highest BCUT2D eigenvalue weighted by atomic mass is 35.5. The van der Waals surface area contributed by atoms with Crippen LogP contribution in [0.4, 0.5) is 17.1 Å². The number of nitrogens with zero attached hydrogens (tertiary/aromatic N) is 6. The van der Waals surface area contributed by atoms with Gasteiger partial charge in [-0.3, -0.25) is 14.1 Å². The second kappa shape index (κ2) is 12.8. The number of nitriles is 1. The number of likely N-dealkylation sites (N-methyl/N-ethyl adjacent to an activating group) is 1. The number of amides is 1. The van der Waals surface area contributed by atoms with E-state index in [-0.39, 0.29) is 11.5 Å². The Labute approximate surface area is 243 Å². The van der Waals surface area contributed by atoms with E-state index in [1.807, 2.05) is 51.0 Å². The first-order valence-corrected chi connectivity index (χ1v) is 13.2. The molecular formula is C29H28ClN7O2S. The molecule has 1 N–H and O–H groups in total. The Hall–Kier alpha value is -4.17. The van der Waals surface area contributed by atoms with Crippen molar-refractivity contribution in [2.24, 2.45) is 0 Å². The number of hydrogen-bond acceptors (Lipinski definition) is 9. The van der Waals surface area contributed by atoms with Gasteiger partial charge in [0, 0.05) is 47.7 Å². The van der Waals surface area contributed by atoms with Crippen LogP contribution in [0.25, 0.3) is 22.3 Å². The fourth-order valence-corrected chi connectivity index (χ4v) is 4.56. The second-order valence-electron chi connectivity index (χ2n) is 9.08. The maximum Gasteiger partial charge on any atom is 0.248 e. The van der Waals surface area contributed by atoms with Crippen LogP contribution in [-0.2, 0) is 4.79 Å². The van der Waals surface area contributed by atoms with Gasteiger partial charge >= 0.3 is 0 Å². The van der Waals surface area contributed by atoms with Gasteiger partial charge in [-0.15, -0.1) is 0 Å². The number of aryl methyl sites for hydroxylation is 1. The van der Waals surface area contributed by atoms with Crippen LogP contribution in [-0.4, -0.2) is 53.0 Å². The lowest BCUT2D eigenvalue weighted by Crippen LogP contribution is -2.13. The maximum atomic E-state index is 12.7. The number of carbonyl (C=O) groups excluding carboxylic acids is 1. The molecule has 0 atom stereocenters. The molecule has 2 heterocycles. The van der Waals surface area contributed by atoms with Gasteiger partial charge in [0.05, 0.1) is 39.8 Å². The largest absolute Gasteiger partial charge is 0.492 e. The van der Waals surface area contributed by atoms with Crippen LogP contribution in [0.1, 0.15) is 18.2 Å². The van der Waals surface area contributed by atoms with Crippen molar-refractivity contribution < 1.29 is 9.53 Å². The van der Waals surface area contributed by atoms with Gasteiger partial charge < -0.3 is 15.0 Å². The van der Waals surface area contributed by atoms with E-state index < -0.39 is 0 Å². The Morgan fingerprint density at radius 2 is 2.02 bits per heavy atom. The van der Waals surface area contributed by atoms with Crippen LogP contribution in [0, 0.1) is 18.3 Å². The number of halogens is 1.